The van der Waals surface area contributed by atoms with Crippen molar-refractivity contribution in [1.82, 2.24) is 10.2 Å². The molecular weight excluding hydrogens is 258 g/mol. The number of carbonyl (C=O) groups excluding carboxylic acids is 1. The molecule has 19 heavy (non-hydrogen) atoms. The van der Waals surface area contributed by atoms with Crippen LogP contribution in [0.5, 0.6) is 0 Å². The highest BCUT2D eigenvalue weighted by atomic mass is 32.2. The summed E-state index contributed by atoms with van der Waals surface area (Å²) in [4.78, 5) is 13.2. The molecule has 3 rings (SSSR count). The van der Waals surface area contributed by atoms with E-state index in [-0.39, 0.29) is 5.91 Å². The fourth-order valence-electron chi connectivity index (χ4n) is 1.95. The predicted molar refractivity (Wildman–Crippen MR) is 76.7 cm³/mol. The van der Waals surface area contributed by atoms with E-state index in [0.717, 1.165) is 16.3 Å². The van der Waals surface area contributed by atoms with Gasteiger partial charge < -0.3 is 5.32 Å². The smallest absolute Gasteiger partial charge is 0.276 e. The van der Waals surface area contributed by atoms with Crippen molar-refractivity contribution in [2.75, 3.05) is 11.6 Å². The monoisotopic (exact) mass is 273 g/mol. The van der Waals surface area contributed by atoms with E-state index in [1.165, 1.54) is 12.8 Å². The number of rotatable bonds is 4. The van der Waals surface area contributed by atoms with Gasteiger partial charge in [-0.15, -0.1) is 11.8 Å². The van der Waals surface area contributed by atoms with E-state index in [9.17, 15) is 4.79 Å². The molecule has 0 atom stereocenters. The van der Waals surface area contributed by atoms with Crippen molar-refractivity contribution in [3.05, 3.63) is 41.7 Å². The molecule has 98 valence electrons. The first-order valence-electron chi connectivity index (χ1n) is 6.27. The van der Waals surface area contributed by atoms with Gasteiger partial charge >= 0.3 is 0 Å². The average Bonchev–Trinajstić information content (AvgIpc) is 3.16. The van der Waals surface area contributed by atoms with Gasteiger partial charge in [0, 0.05) is 22.2 Å². The molecule has 1 saturated carbocycles. The van der Waals surface area contributed by atoms with Gasteiger partial charge in [0.05, 0.1) is 0 Å². The minimum Gasteiger partial charge on any atom is -0.321 e. The van der Waals surface area contributed by atoms with Crippen molar-refractivity contribution >= 4 is 23.4 Å². The van der Waals surface area contributed by atoms with E-state index < -0.39 is 0 Å². The normalized spacial score (nSPS) is 14.4. The van der Waals surface area contributed by atoms with Gasteiger partial charge in [-0.1, -0.05) is 6.07 Å². The zero-order chi connectivity index (χ0) is 13.2. The summed E-state index contributed by atoms with van der Waals surface area (Å²) in [5.74, 6) is 0.412. The van der Waals surface area contributed by atoms with Crippen molar-refractivity contribution in [3.8, 4) is 0 Å². The van der Waals surface area contributed by atoms with Crippen LogP contribution in [0.1, 0.15) is 34.9 Å². The number of H-pyrrole nitrogens is 1. The molecule has 0 aliphatic heterocycles. The highest BCUT2D eigenvalue weighted by molar-refractivity contribution is 7.98. The van der Waals surface area contributed by atoms with E-state index in [0.29, 0.717) is 11.6 Å². The number of nitrogens with zero attached hydrogens (tertiary/aromatic N) is 1. The quantitative estimate of drug-likeness (QED) is 0.841. The molecule has 0 saturated heterocycles. The third-order valence-corrected chi connectivity index (χ3v) is 3.90. The molecule has 0 spiro atoms. The van der Waals surface area contributed by atoms with Crippen molar-refractivity contribution in [2.45, 2.75) is 23.7 Å². The lowest BCUT2D eigenvalue weighted by atomic mass is 10.2. The highest BCUT2D eigenvalue weighted by Gasteiger charge is 2.26. The molecule has 1 aromatic heterocycles. The summed E-state index contributed by atoms with van der Waals surface area (Å²) >= 11 is 1.65. The lowest BCUT2D eigenvalue weighted by molar-refractivity contribution is 0.102. The van der Waals surface area contributed by atoms with Crippen LogP contribution in [0.2, 0.25) is 0 Å². The van der Waals surface area contributed by atoms with Crippen LogP contribution in [0.4, 0.5) is 5.69 Å². The van der Waals surface area contributed by atoms with Gasteiger partial charge in [-0.2, -0.15) is 5.10 Å². The molecular formula is C14H15N3OS. The fourth-order valence-corrected chi connectivity index (χ4v) is 2.41. The third-order valence-electron chi connectivity index (χ3n) is 3.18. The van der Waals surface area contributed by atoms with Crippen molar-refractivity contribution < 1.29 is 4.79 Å². The Morgan fingerprint density at radius 1 is 1.42 bits per heavy atom. The number of nitrogens with one attached hydrogen (secondary N) is 2. The lowest BCUT2D eigenvalue weighted by Crippen LogP contribution is -2.12. The molecule has 4 nitrogen and oxygen atoms in total. The van der Waals surface area contributed by atoms with Crippen LogP contribution in [0.25, 0.3) is 0 Å². The van der Waals surface area contributed by atoms with Gasteiger partial charge in [-0.05, 0) is 43.4 Å². The van der Waals surface area contributed by atoms with Gasteiger partial charge in [0.25, 0.3) is 5.91 Å². The number of carbonyl (C=O) groups is 1. The second kappa shape index (κ2) is 5.09. The fraction of sp³-hybridized carbons (Fsp3) is 0.286. The molecule has 2 N–H and O–H groups in total. The number of hydrogen-bond donors (Lipinski definition) is 2. The SMILES string of the molecule is CSc1cccc(NC(=O)c2cc(C3CC3)[nH]n2)c1. The van der Waals surface area contributed by atoms with Crippen LogP contribution < -0.4 is 5.32 Å². The topological polar surface area (TPSA) is 57.8 Å². The summed E-state index contributed by atoms with van der Waals surface area (Å²) < 4.78 is 0. The van der Waals surface area contributed by atoms with Gasteiger partial charge in [-0.25, -0.2) is 0 Å². The second-order valence-electron chi connectivity index (χ2n) is 4.67. The van der Waals surface area contributed by atoms with Crippen LogP contribution in [0.3, 0.4) is 0 Å². The number of thioether (sulfide) groups is 1. The third kappa shape index (κ3) is 2.81. The van der Waals surface area contributed by atoms with Gasteiger partial charge in [0.1, 0.15) is 0 Å². The summed E-state index contributed by atoms with van der Waals surface area (Å²) in [5.41, 5.74) is 2.33. The number of aromatic amines is 1. The molecule has 1 aliphatic carbocycles. The molecule has 0 bridgehead atoms. The highest BCUT2D eigenvalue weighted by Crippen LogP contribution is 2.39. The minimum absolute atomic E-state index is 0.165. The Morgan fingerprint density at radius 3 is 3.00 bits per heavy atom. The minimum atomic E-state index is -0.165. The molecule has 0 radical (unpaired) electrons. The number of aromatic nitrogens is 2. The summed E-state index contributed by atoms with van der Waals surface area (Å²) in [6.45, 7) is 0. The first kappa shape index (κ1) is 12.3. The van der Waals surface area contributed by atoms with Crippen LogP contribution >= 0.6 is 11.8 Å². The Bertz CT molecular complexity index is 604. The lowest BCUT2D eigenvalue weighted by Gasteiger charge is -2.04. The van der Waals surface area contributed by atoms with Gasteiger partial charge in [0.15, 0.2) is 5.69 Å². The standard InChI is InChI=1S/C14H15N3OS/c1-19-11-4-2-3-10(7-11)15-14(18)13-8-12(16-17-13)9-5-6-9/h2-4,7-9H,5-6H2,1H3,(H,15,18)(H,16,17). The zero-order valence-corrected chi connectivity index (χ0v) is 11.5. The number of benzene rings is 1. The molecule has 1 heterocycles. The van der Waals surface area contributed by atoms with Crippen molar-refractivity contribution in [1.29, 1.82) is 0 Å². The molecule has 2 aromatic rings. The Kier molecular flexibility index (Phi) is 3.29. The number of amides is 1. The zero-order valence-electron chi connectivity index (χ0n) is 10.6. The van der Waals surface area contributed by atoms with E-state index in [4.69, 9.17) is 0 Å². The molecule has 0 unspecified atom stereocenters. The number of hydrogen-bond acceptors (Lipinski definition) is 3. The Balaban J connectivity index is 1.72. The maximum atomic E-state index is 12.1. The summed E-state index contributed by atoms with van der Waals surface area (Å²) in [6, 6.07) is 9.64. The largest absolute Gasteiger partial charge is 0.321 e. The van der Waals surface area contributed by atoms with Crippen molar-refractivity contribution in [2.24, 2.45) is 0 Å². The maximum absolute atomic E-state index is 12.1. The van der Waals surface area contributed by atoms with E-state index >= 15 is 0 Å². The van der Waals surface area contributed by atoms with E-state index in [1.54, 1.807) is 11.8 Å². The Hall–Kier alpha value is -1.75. The number of anilines is 1. The van der Waals surface area contributed by atoms with E-state index in [2.05, 4.69) is 15.5 Å². The molecule has 1 aromatic carbocycles. The second-order valence-corrected chi connectivity index (χ2v) is 5.55. The van der Waals surface area contributed by atoms with Gasteiger partial charge in [-0.3, -0.25) is 9.89 Å². The molecule has 1 aliphatic rings. The average molecular weight is 273 g/mol. The molecule has 1 fully saturated rings. The van der Waals surface area contributed by atoms with Crippen LogP contribution in [0, 0.1) is 0 Å². The van der Waals surface area contributed by atoms with Crippen molar-refractivity contribution in [3.63, 3.8) is 0 Å². The van der Waals surface area contributed by atoms with Crippen LogP contribution in [0.15, 0.2) is 35.2 Å². The van der Waals surface area contributed by atoms with E-state index in [1.807, 2.05) is 36.6 Å². The summed E-state index contributed by atoms with van der Waals surface area (Å²) in [6.07, 6.45) is 4.40. The Morgan fingerprint density at radius 2 is 2.26 bits per heavy atom. The first-order valence-corrected chi connectivity index (χ1v) is 7.49. The first-order chi connectivity index (χ1) is 9.26. The van der Waals surface area contributed by atoms with Crippen LogP contribution in [-0.4, -0.2) is 22.4 Å². The molecule has 5 heteroatoms. The van der Waals surface area contributed by atoms with Gasteiger partial charge in [0.2, 0.25) is 0 Å². The summed E-state index contributed by atoms with van der Waals surface area (Å²) in [7, 11) is 0. The Labute approximate surface area is 116 Å². The predicted octanol–water partition coefficient (Wildman–Crippen LogP) is 3.26. The summed E-state index contributed by atoms with van der Waals surface area (Å²) in [5, 5.41) is 9.89. The maximum Gasteiger partial charge on any atom is 0.276 e. The van der Waals surface area contributed by atoms with Crippen LogP contribution in [-0.2, 0) is 0 Å². The molecule has 1 amide bonds.